The van der Waals surface area contributed by atoms with E-state index in [-0.39, 0.29) is 5.60 Å². The summed E-state index contributed by atoms with van der Waals surface area (Å²) in [7, 11) is 0. The molecule has 1 heterocycles. The zero-order valence-corrected chi connectivity index (χ0v) is 15.4. The Morgan fingerprint density at radius 2 is 1.95 bits per heavy atom. The van der Waals surface area contributed by atoms with Gasteiger partial charge in [0.25, 0.3) is 0 Å². The van der Waals surface area contributed by atoms with Gasteiger partial charge in [0.05, 0.1) is 5.60 Å². The number of rotatable bonds is 10. The number of nitrogens with zero attached hydrogens (tertiary/aromatic N) is 1. The van der Waals surface area contributed by atoms with Crippen molar-refractivity contribution in [2.24, 2.45) is 0 Å². The van der Waals surface area contributed by atoms with Gasteiger partial charge < -0.3 is 10.1 Å². The SMILES string of the molecule is CCCNC(Cc1ccc(Br)cn1)C(CC)(CC)OCC. The van der Waals surface area contributed by atoms with Gasteiger partial charge in [0, 0.05) is 35.4 Å². The summed E-state index contributed by atoms with van der Waals surface area (Å²) in [5, 5.41) is 3.68. The summed E-state index contributed by atoms with van der Waals surface area (Å²) in [5.74, 6) is 0. The van der Waals surface area contributed by atoms with Crippen LogP contribution in [0, 0.1) is 0 Å². The van der Waals surface area contributed by atoms with Crippen molar-refractivity contribution < 1.29 is 4.74 Å². The van der Waals surface area contributed by atoms with Crippen molar-refractivity contribution in [1.82, 2.24) is 10.3 Å². The van der Waals surface area contributed by atoms with Gasteiger partial charge in [0.2, 0.25) is 0 Å². The van der Waals surface area contributed by atoms with E-state index in [1.807, 2.05) is 6.20 Å². The minimum absolute atomic E-state index is 0.112. The number of ether oxygens (including phenoxy) is 1. The van der Waals surface area contributed by atoms with Crippen LogP contribution in [0.15, 0.2) is 22.8 Å². The van der Waals surface area contributed by atoms with E-state index in [2.05, 4.69) is 66.1 Å². The molecule has 0 radical (unpaired) electrons. The number of aromatic nitrogens is 1. The lowest BCUT2D eigenvalue weighted by Crippen LogP contribution is -2.53. The smallest absolute Gasteiger partial charge is 0.0833 e. The van der Waals surface area contributed by atoms with E-state index in [0.717, 1.165) is 49.0 Å². The molecule has 0 bridgehead atoms. The highest BCUT2D eigenvalue weighted by Crippen LogP contribution is 2.27. The van der Waals surface area contributed by atoms with Crippen LogP contribution in [0.25, 0.3) is 0 Å². The second-order valence-corrected chi connectivity index (χ2v) is 6.30. The van der Waals surface area contributed by atoms with Crippen molar-refractivity contribution in [2.75, 3.05) is 13.2 Å². The van der Waals surface area contributed by atoms with Crippen LogP contribution in [0.5, 0.6) is 0 Å². The number of halogens is 1. The van der Waals surface area contributed by atoms with Gasteiger partial charge in [0.15, 0.2) is 0 Å². The van der Waals surface area contributed by atoms with Crippen LogP contribution in [0.4, 0.5) is 0 Å². The van der Waals surface area contributed by atoms with Crippen LogP contribution in [-0.4, -0.2) is 29.8 Å². The number of hydrogen-bond donors (Lipinski definition) is 1. The molecular formula is C17H29BrN2O. The molecule has 3 nitrogen and oxygen atoms in total. The molecule has 0 aliphatic carbocycles. The fourth-order valence-electron chi connectivity index (χ4n) is 2.83. The highest BCUT2D eigenvalue weighted by atomic mass is 79.9. The average Bonchev–Trinajstić information content (AvgIpc) is 2.51. The molecule has 1 aromatic rings. The molecule has 1 atom stereocenters. The monoisotopic (exact) mass is 356 g/mol. The van der Waals surface area contributed by atoms with Crippen molar-refractivity contribution in [3.63, 3.8) is 0 Å². The Morgan fingerprint density at radius 1 is 1.24 bits per heavy atom. The fraction of sp³-hybridized carbons (Fsp3) is 0.706. The molecule has 0 fully saturated rings. The Balaban J connectivity index is 2.93. The predicted molar refractivity (Wildman–Crippen MR) is 92.7 cm³/mol. The predicted octanol–water partition coefficient (Wildman–Crippen LogP) is 4.35. The highest BCUT2D eigenvalue weighted by Gasteiger charge is 2.36. The maximum Gasteiger partial charge on any atom is 0.0833 e. The first-order chi connectivity index (χ1) is 10.1. The summed E-state index contributed by atoms with van der Waals surface area (Å²) in [6.45, 7) is 10.5. The van der Waals surface area contributed by atoms with E-state index in [1.54, 1.807) is 0 Å². The third-order valence-electron chi connectivity index (χ3n) is 4.11. The summed E-state index contributed by atoms with van der Waals surface area (Å²) < 4.78 is 7.20. The summed E-state index contributed by atoms with van der Waals surface area (Å²) in [6, 6.07) is 4.44. The lowest BCUT2D eigenvalue weighted by molar-refractivity contribution is -0.0720. The van der Waals surface area contributed by atoms with Crippen LogP contribution in [-0.2, 0) is 11.2 Å². The van der Waals surface area contributed by atoms with Crippen molar-refractivity contribution in [1.29, 1.82) is 0 Å². The normalized spacial score (nSPS) is 13.4. The number of pyridine rings is 1. The van der Waals surface area contributed by atoms with Crippen LogP contribution in [0.1, 0.15) is 52.7 Å². The van der Waals surface area contributed by atoms with E-state index < -0.39 is 0 Å². The molecule has 1 aromatic heterocycles. The van der Waals surface area contributed by atoms with Crippen LogP contribution in [0.3, 0.4) is 0 Å². The third kappa shape index (κ3) is 5.35. The minimum Gasteiger partial charge on any atom is -0.374 e. The minimum atomic E-state index is -0.112. The van der Waals surface area contributed by atoms with Crippen molar-refractivity contribution in [2.45, 2.75) is 65.0 Å². The first kappa shape index (κ1) is 18.6. The molecule has 0 aromatic carbocycles. The van der Waals surface area contributed by atoms with Gasteiger partial charge in [-0.05, 0) is 60.8 Å². The fourth-order valence-corrected chi connectivity index (χ4v) is 3.07. The molecule has 0 spiro atoms. The van der Waals surface area contributed by atoms with Crippen molar-refractivity contribution in [3.8, 4) is 0 Å². The summed E-state index contributed by atoms with van der Waals surface area (Å²) >= 11 is 3.44. The molecule has 0 saturated carbocycles. The van der Waals surface area contributed by atoms with Gasteiger partial charge in [-0.15, -0.1) is 0 Å². The van der Waals surface area contributed by atoms with Gasteiger partial charge in [-0.2, -0.15) is 0 Å². The Hall–Kier alpha value is -0.450. The van der Waals surface area contributed by atoms with Crippen LogP contribution < -0.4 is 5.32 Å². The van der Waals surface area contributed by atoms with Crippen LogP contribution in [0.2, 0.25) is 0 Å². The van der Waals surface area contributed by atoms with Crippen molar-refractivity contribution >= 4 is 15.9 Å². The number of nitrogens with one attached hydrogen (secondary N) is 1. The van der Waals surface area contributed by atoms with Crippen LogP contribution >= 0.6 is 15.9 Å². The number of hydrogen-bond acceptors (Lipinski definition) is 3. The second kappa shape index (κ2) is 9.54. The summed E-state index contributed by atoms with van der Waals surface area (Å²) in [5.41, 5.74) is 0.997. The summed E-state index contributed by atoms with van der Waals surface area (Å²) in [6.07, 6.45) is 5.91. The quantitative estimate of drug-likeness (QED) is 0.676. The molecule has 1 rings (SSSR count). The molecule has 0 aliphatic heterocycles. The van der Waals surface area contributed by atoms with E-state index in [4.69, 9.17) is 4.74 Å². The zero-order valence-electron chi connectivity index (χ0n) is 13.8. The van der Waals surface area contributed by atoms with E-state index in [1.165, 1.54) is 0 Å². The maximum atomic E-state index is 6.18. The average molecular weight is 357 g/mol. The zero-order chi connectivity index (χ0) is 15.7. The standard InChI is InChI=1S/C17H29BrN2O/c1-5-11-19-16(17(6-2,7-3)21-8-4)12-15-10-9-14(18)13-20-15/h9-10,13,16,19H,5-8,11-12H2,1-4H3. The Kier molecular flexibility index (Phi) is 8.45. The lowest BCUT2D eigenvalue weighted by Gasteiger charge is -2.40. The Labute approximate surface area is 138 Å². The molecule has 0 amide bonds. The Morgan fingerprint density at radius 3 is 2.43 bits per heavy atom. The topological polar surface area (TPSA) is 34.2 Å². The molecule has 1 N–H and O–H groups in total. The molecule has 0 aliphatic rings. The lowest BCUT2D eigenvalue weighted by atomic mass is 9.85. The first-order valence-corrected chi connectivity index (χ1v) is 8.88. The second-order valence-electron chi connectivity index (χ2n) is 5.38. The van der Waals surface area contributed by atoms with E-state index in [9.17, 15) is 0 Å². The van der Waals surface area contributed by atoms with E-state index >= 15 is 0 Å². The van der Waals surface area contributed by atoms with Gasteiger partial charge in [-0.25, -0.2) is 0 Å². The largest absolute Gasteiger partial charge is 0.374 e. The Bertz CT molecular complexity index is 390. The third-order valence-corrected chi connectivity index (χ3v) is 4.58. The van der Waals surface area contributed by atoms with Gasteiger partial charge in [-0.3, -0.25) is 4.98 Å². The maximum absolute atomic E-state index is 6.18. The van der Waals surface area contributed by atoms with Crippen molar-refractivity contribution in [3.05, 3.63) is 28.5 Å². The molecule has 21 heavy (non-hydrogen) atoms. The molecule has 1 unspecified atom stereocenters. The highest BCUT2D eigenvalue weighted by molar-refractivity contribution is 9.10. The molecule has 4 heteroatoms. The summed E-state index contributed by atoms with van der Waals surface area (Å²) in [4.78, 5) is 4.53. The van der Waals surface area contributed by atoms with E-state index in [0.29, 0.717) is 6.04 Å². The molecule has 0 saturated heterocycles. The molecular weight excluding hydrogens is 328 g/mol. The van der Waals surface area contributed by atoms with Gasteiger partial charge in [-0.1, -0.05) is 20.8 Å². The van der Waals surface area contributed by atoms with Gasteiger partial charge in [0.1, 0.15) is 0 Å². The first-order valence-electron chi connectivity index (χ1n) is 8.09. The molecule has 120 valence electrons. The van der Waals surface area contributed by atoms with Gasteiger partial charge >= 0.3 is 0 Å².